The first kappa shape index (κ1) is 11.3. The summed E-state index contributed by atoms with van der Waals surface area (Å²) in [5, 5.41) is 0. The minimum Gasteiger partial charge on any atom is -0.395 e. The van der Waals surface area contributed by atoms with Crippen molar-refractivity contribution < 1.29 is 12.8 Å². The lowest BCUT2D eigenvalue weighted by Gasteiger charge is -2.26. The van der Waals surface area contributed by atoms with E-state index in [0.717, 1.165) is 25.3 Å². The molecule has 1 aliphatic carbocycles. The van der Waals surface area contributed by atoms with Gasteiger partial charge in [0.15, 0.2) is 0 Å². The van der Waals surface area contributed by atoms with E-state index in [4.69, 9.17) is 5.73 Å². The van der Waals surface area contributed by atoms with E-state index in [1.165, 1.54) is 12.1 Å². The van der Waals surface area contributed by atoms with Crippen LogP contribution in [0.15, 0.2) is 23.1 Å². The SMILES string of the molecule is Nc1c(F)cccc1S(=O)(=O)NC1CCC1. The average Bonchev–Trinajstić information content (AvgIpc) is 2.16. The Morgan fingerprint density at radius 3 is 2.62 bits per heavy atom. The largest absolute Gasteiger partial charge is 0.395 e. The van der Waals surface area contributed by atoms with Gasteiger partial charge in [0.1, 0.15) is 10.7 Å². The molecule has 1 aromatic carbocycles. The molecule has 0 bridgehead atoms. The van der Waals surface area contributed by atoms with Crippen molar-refractivity contribution in [2.45, 2.75) is 30.2 Å². The number of benzene rings is 1. The Labute approximate surface area is 93.7 Å². The molecule has 88 valence electrons. The van der Waals surface area contributed by atoms with Crippen LogP contribution in [0.5, 0.6) is 0 Å². The molecule has 3 N–H and O–H groups in total. The third-order valence-electron chi connectivity index (χ3n) is 2.73. The molecule has 1 aromatic rings. The van der Waals surface area contributed by atoms with Crippen LogP contribution in [-0.4, -0.2) is 14.5 Å². The fourth-order valence-electron chi connectivity index (χ4n) is 1.56. The summed E-state index contributed by atoms with van der Waals surface area (Å²) in [5.74, 6) is -0.712. The molecule has 6 heteroatoms. The Morgan fingerprint density at radius 2 is 2.06 bits per heavy atom. The van der Waals surface area contributed by atoms with Crippen LogP contribution in [0.3, 0.4) is 0 Å². The zero-order valence-electron chi connectivity index (χ0n) is 8.61. The Hall–Kier alpha value is -1.14. The highest BCUT2D eigenvalue weighted by Gasteiger charge is 2.26. The molecule has 1 saturated carbocycles. The van der Waals surface area contributed by atoms with Crippen molar-refractivity contribution in [3.63, 3.8) is 0 Å². The van der Waals surface area contributed by atoms with Crippen molar-refractivity contribution in [3.8, 4) is 0 Å². The maximum Gasteiger partial charge on any atom is 0.242 e. The zero-order chi connectivity index (χ0) is 11.8. The van der Waals surface area contributed by atoms with Gasteiger partial charge in [0.2, 0.25) is 10.0 Å². The van der Waals surface area contributed by atoms with Crippen LogP contribution in [0, 0.1) is 5.82 Å². The van der Waals surface area contributed by atoms with Gasteiger partial charge >= 0.3 is 0 Å². The first-order valence-corrected chi connectivity index (χ1v) is 6.55. The van der Waals surface area contributed by atoms with Gasteiger partial charge < -0.3 is 5.73 Å². The summed E-state index contributed by atoms with van der Waals surface area (Å²) in [5.41, 5.74) is 5.09. The standard InChI is InChI=1S/C10H13FN2O2S/c11-8-5-2-6-9(10(8)12)16(14,15)13-7-3-1-4-7/h2,5-7,13H,1,3-4,12H2. The number of anilines is 1. The highest BCUT2D eigenvalue weighted by molar-refractivity contribution is 7.89. The van der Waals surface area contributed by atoms with Crippen molar-refractivity contribution >= 4 is 15.7 Å². The van der Waals surface area contributed by atoms with Gasteiger partial charge in [-0.15, -0.1) is 0 Å². The number of nitrogens with one attached hydrogen (secondary N) is 1. The zero-order valence-corrected chi connectivity index (χ0v) is 9.43. The lowest BCUT2D eigenvalue weighted by Crippen LogP contribution is -2.39. The summed E-state index contributed by atoms with van der Waals surface area (Å²) in [7, 11) is -3.69. The second-order valence-electron chi connectivity index (χ2n) is 3.90. The summed E-state index contributed by atoms with van der Waals surface area (Å²) in [6, 6.07) is 3.74. The van der Waals surface area contributed by atoms with Crippen molar-refractivity contribution in [2.75, 3.05) is 5.73 Å². The second kappa shape index (κ2) is 4.03. The molecule has 0 radical (unpaired) electrons. The summed E-state index contributed by atoms with van der Waals surface area (Å²) < 4.78 is 39.3. The Balaban J connectivity index is 2.31. The molecule has 0 aliphatic heterocycles. The molecular weight excluding hydrogens is 231 g/mol. The summed E-state index contributed by atoms with van der Waals surface area (Å²) in [4.78, 5) is -0.181. The quantitative estimate of drug-likeness (QED) is 0.786. The Bertz CT molecular complexity index is 498. The van der Waals surface area contributed by atoms with E-state index in [2.05, 4.69) is 4.72 Å². The molecule has 4 nitrogen and oxygen atoms in total. The molecule has 1 aliphatic rings. The van der Waals surface area contributed by atoms with Crippen LogP contribution in [0.25, 0.3) is 0 Å². The monoisotopic (exact) mass is 244 g/mol. The topological polar surface area (TPSA) is 72.2 Å². The third-order valence-corrected chi connectivity index (χ3v) is 4.31. The highest BCUT2D eigenvalue weighted by atomic mass is 32.2. The number of rotatable bonds is 3. The van der Waals surface area contributed by atoms with E-state index in [1.54, 1.807) is 0 Å². The van der Waals surface area contributed by atoms with Crippen LogP contribution < -0.4 is 10.5 Å². The van der Waals surface area contributed by atoms with E-state index in [1.807, 2.05) is 0 Å². The first-order chi connectivity index (χ1) is 7.50. The van der Waals surface area contributed by atoms with E-state index < -0.39 is 15.8 Å². The Kier molecular flexibility index (Phi) is 2.86. The van der Waals surface area contributed by atoms with Gasteiger partial charge in [-0.1, -0.05) is 12.5 Å². The van der Waals surface area contributed by atoms with Gasteiger partial charge in [-0.25, -0.2) is 17.5 Å². The fourth-order valence-corrected chi connectivity index (χ4v) is 3.01. The minimum atomic E-state index is -3.69. The average molecular weight is 244 g/mol. The minimum absolute atomic E-state index is 0.0346. The fraction of sp³-hybridized carbons (Fsp3) is 0.400. The van der Waals surface area contributed by atoms with Gasteiger partial charge in [0.25, 0.3) is 0 Å². The van der Waals surface area contributed by atoms with Gasteiger partial charge in [-0.05, 0) is 25.0 Å². The molecule has 0 amide bonds. The molecule has 0 heterocycles. The van der Waals surface area contributed by atoms with Gasteiger partial charge in [-0.3, -0.25) is 0 Å². The van der Waals surface area contributed by atoms with E-state index in [0.29, 0.717) is 0 Å². The van der Waals surface area contributed by atoms with Gasteiger partial charge in [0.05, 0.1) is 5.69 Å². The Morgan fingerprint density at radius 1 is 1.38 bits per heavy atom. The van der Waals surface area contributed by atoms with Crippen LogP contribution in [0.2, 0.25) is 0 Å². The summed E-state index contributed by atoms with van der Waals surface area (Å²) in [6.07, 6.45) is 2.68. The first-order valence-electron chi connectivity index (χ1n) is 5.07. The van der Waals surface area contributed by atoms with Gasteiger partial charge in [0, 0.05) is 6.04 Å². The molecule has 0 spiro atoms. The summed E-state index contributed by atoms with van der Waals surface area (Å²) in [6.45, 7) is 0. The molecule has 1 fully saturated rings. The molecule has 2 rings (SSSR count). The normalized spacial score (nSPS) is 17.1. The second-order valence-corrected chi connectivity index (χ2v) is 5.58. The van der Waals surface area contributed by atoms with E-state index in [-0.39, 0.29) is 16.6 Å². The number of nitrogen functional groups attached to an aromatic ring is 1. The van der Waals surface area contributed by atoms with E-state index >= 15 is 0 Å². The van der Waals surface area contributed by atoms with Crippen molar-refractivity contribution in [1.29, 1.82) is 0 Å². The molecule has 0 saturated heterocycles. The number of para-hydroxylation sites is 1. The summed E-state index contributed by atoms with van der Waals surface area (Å²) >= 11 is 0. The smallest absolute Gasteiger partial charge is 0.242 e. The van der Waals surface area contributed by atoms with Crippen molar-refractivity contribution in [3.05, 3.63) is 24.0 Å². The molecule has 16 heavy (non-hydrogen) atoms. The lowest BCUT2D eigenvalue weighted by atomic mass is 9.94. The highest BCUT2D eigenvalue weighted by Crippen LogP contribution is 2.24. The molecular formula is C10H13FN2O2S. The molecule has 0 aromatic heterocycles. The maximum atomic E-state index is 13.1. The van der Waals surface area contributed by atoms with E-state index in [9.17, 15) is 12.8 Å². The maximum absolute atomic E-state index is 13.1. The molecule has 0 unspecified atom stereocenters. The number of hydrogen-bond acceptors (Lipinski definition) is 3. The van der Waals surface area contributed by atoms with Crippen LogP contribution in [0.1, 0.15) is 19.3 Å². The predicted octanol–water partition coefficient (Wildman–Crippen LogP) is 1.24. The van der Waals surface area contributed by atoms with Crippen LogP contribution in [-0.2, 0) is 10.0 Å². The number of nitrogens with two attached hydrogens (primary N) is 1. The number of hydrogen-bond donors (Lipinski definition) is 2. The number of sulfonamides is 1. The predicted molar refractivity (Wildman–Crippen MR) is 58.8 cm³/mol. The molecule has 0 atom stereocenters. The van der Waals surface area contributed by atoms with Crippen molar-refractivity contribution in [1.82, 2.24) is 4.72 Å². The number of halogens is 1. The van der Waals surface area contributed by atoms with Gasteiger partial charge in [-0.2, -0.15) is 0 Å². The van der Waals surface area contributed by atoms with Crippen LogP contribution >= 0.6 is 0 Å². The lowest BCUT2D eigenvalue weighted by molar-refractivity contribution is 0.383. The van der Waals surface area contributed by atoms with Crippen LogP contribution in [0.4, 0.5) is 10.1 Å². The van der Waals surface area contributed by atoms with Crippen molar-refractivity contribution in [2.24, 2.45) is 0 Å². The third kappa shape index (κ3) is 2.03.